The number of esters is 1. The second-order valence-electron chi connectivity index (χ2n) is 5.59. The summed E-state index contributed by atoms with van der Waals surface area (Å²) >= 11 is 0. The molecular formula is C16H19N3O3. The number of carbonyl (C=O) groups is 2. The molecule has 1 amide bonds. The zero-order chi connectivity index (χ0) is 15.9. The molecule has 0 bridgehead atoms. The highest BCUT2D eigenvalue weighted by Crippen LogP contribution is 2.31. The maximum Gasteiger partial charge on any atom is 0.305 e. The highest BCUT2D eigenvalue weighted by molar-refractivity contribution is 5.79. The molecule has 1 heterocycles. The third-order valence-electron chi connectivity index (χ3n) is 3.87. The topological polar surface area (TPSA) is 92.1 Å². The lowest BCUT2D eigenvalue weighted by molar-refractivity contribution is -0.141. The van der Waals surface area contributed by atoms with Crippen molar-refractivity contribution in [3.63, 3.8) is 0 Å². The van der Waals surface area contributed by atoms with Crippen molar-refractivity contribution in [1.29, 1.82) is 5.26 Å². The molecule has 0 aliphatic heterocycles. The lowest BCUT2D eigenvalue weighted by Crippen LogP contribution is -2.45. The van der Waals surface area contributed by atoms with Crippen LogP contribution in [0.15, 0.2) is 18.5 Å². The van der Waals surface area contributed by atoms with Gasteiger partial charge in [-0.05, 0) is 36.8 Å². The van der Waals surface area contributed by atoms with E-state index < -0.39 is 0 Å². The van der Waals surface area contributed by atoms with Crippen molar-refractivity contribution in [1.82, 2.24) is 10.3 Å². The number of hydrogen-bond acceptors (Lipinski definition) is 5. The first-order valence-corrected chi connectivity index (χ1v) is 7.31. The molecule has 1 aromatic heterocycles. The zero-order valence-electron chi connectivity index (χ0n) is 12.5. The van der Waals surface area contributed by atoms with Gasteiger partial charge in [-0.25, -0.2) is 0 Å². The molecule has 22 heavy (non-hydrogen) atoms. The van der Waals surface area contributed by atoms with Gasteiger partial charge < -0.3 is 10.1 Å². The van der Waals surface area contributed by atoms with Crippen LogP contribution in [0.2, 0.25) is 0 Å². The molecule has 1 aliphatic rings. The summed E-state index contributed by atoms with van der Waals surface area (Å²) < 4.78 is 4.61. The van der Waals surface area contributed by atoms with Crippen LogP contribution >= 0.6 is 0 Å². The van der Waals surface area contributed by atoms with Crippen molar-refractivity contribution in [2.24, 2.45) is 5.92 Å². The van der Waals surface area contributed by atoms with E-state index in [-0.39, 0.29) is 24.3 Å². The fraction of sp³-hybridized carbons (Fsp3) is 0.500. The highest BCUT2D eigenvalue weighted by Gasteiger charge is 2.30. The van der Waals surface area contributed by atoms with Gasteiger partial charge in [-0.3, -0.25) is 14.6 Å². The Balaban J connectivity index is 1.69. The SMILES string of the molecule is COC(=O)CCC1CC(NC(=O)Cc2cncc(C#N)c2)C1. The minimum atomic E-state index is -0.183. The van der Waals surface area contributed by atoms with E-state index in [4.69, 9.17) is 5.26 Å². The third-order valence-corrected chi connectivity index (χ3v) is 3.87. The summed E-state index contributed by atoms with van der Waals surface area (Å²) in [5.74, 6) is 0.235. The van der Waals surface area contributed by atoms with Crippen molar-refractivity contribution in [2.75, 3.05) is 7.11 Å². The van der Waals surface area contributed by atoms with Gasteiger partial charge in [0.1, 0.15) is 6.07 Å². The summed E-state index contributed by atoms with van der Waals surface area (Å²) in [5.41, 5.74) is 1.19. The van der Waals surface area contributed by atoms with Crippen molar-refractivity contribution < 1.29 is 14.3 Å². The molecule has 116 valence electrons. The van der Waals surface area contributed by atoms with Gasteiger partial charge in [-0.1, -0.05) is 0 Å². The maximum atomic E-state index is 11.9. The molecule has 1 N–H and O–H groups in total. The summed E-state index contributed by atoms with van der Waals surface area (Å²) in [4.78, 5) is 26.9. The smallest absolute Gasteiger partial charge is 0.305 e. The van der Waals surface area contributed by atoms with Crippen molar-refractivity contribution in [2.45, 2.75) is 38.1 Å². The van der Waals surface area contributed by atoms with Gasteiger partial charge in [0.25, 0.3) is 0 Å². The first-order valence-electron chi connectivity index (χ1n) is 7.31. The van der Waals surface area contributed by atoms with E-state index >= 15 is 0 Å². The molecule has 0 aromatic carbocycles. The lowest BCUT2D eigenvalue weighted by Gasteiger charge is -2.35. The number of rotatable bonds is 6. The van der Waals surface area contributed by atoms with Gasteiger partial charge in [0.15, 0.2) is 0 Å². The minimum absolute atomic E-state index is 0.0618. The van der Waals surface area contributed by atoms with Crippen LogP contribution in [0.4, 0.5) is 0 Å². The molecule has 1 fully saturated rings. The minimum Gasteiger partial charge on any atom is -0.469 e. The van der Waals surface area contributed by atoms with Gasteiger partial charge in [-0.2, -0.15) is 5.26 Å². The Morgan fingerprint density at radius 3 is 2.91 bits per heavy atom. The standard InChI is InChI=1S/C16H19N3O3/c1-22-16(21)3-2-11-5-14(6-11)19-15(20)7-12-4-13(8-17)10-18-9-12/h4,9-11,14H,2-3,5-7H2,1H3,(H,19,20). The Morgan fingerprint density at radius 1 is 1.45 bits per heavy atom. The van der Waals surface area contributed by atoms with Gasteiger partial charge >= 0.3 is 5.97 Å². The number of nitrogens with one attached hydrogen (secondary N) is 1. The van der Waals surface area contributed by atoms with Crippen LogP contribution in [-0.4, -0.2) is 30.0 Å². The molecule has 0 unspecified atom stereocenters. The number of pyridine rings is 1. The van der Waals surface area contributed by atoms with E-state index in [1.807, 2.05) is 6.07 Å². The molecule has 1 aliphatic carbocycles. The molecule has 1 aromatic rings. The average molecular weight is 301 g/mol. The molecule has 0 atom stereocenters. The monoisotopic (exact) mass is 301 g/mol. The van der Waals surface area contributed by atoms with Crippen LogP contribution in [0, 0.1) is 17.2 Å². The van der Waals surface area contributed by atoms with Crippen LogP contribution in [0.5, 0.6) is 0 Å². The Kier molecular flexibility index (Phi) is 5.48. The Hall–Kier alpha value is -2.42. The van der Waals surface area contributed by atoms with Crippen LogP contribution in [0.3, 0.4) is 0 Å². The van der Waals surface area contributed by atoms with Gasteiger partial charge in [0.2, 0.25) is 5.91 Å². The summed E-state index contributed by atoms with van der Waals surface area (Å²) in [7, 11) is 1.39. The number of ether oxygens (including phenoxy) is 1. The van der Waals surface area contributed by atoms with Gasteiger partial charge in [0.05, 0.1) is 19.1 Å². The predicted octanol–water partition coefficient (Wildman–Crippen LogP) is 1.34. The first kappa shape index (κ1) is 16.0. The molecule has 2 rings (SSSR count). The normalized spacial score (nSPS) is 19.6. The van der Waals surface area contributed by atoms with E-state index in [1.165, 1.54) is 13.3 Å². The molecule has 0 radical (unpaired) electrons. The molecule has 0 spiro atoms. The summed E-state index contributed by atoms with van der Waals surface area (Å²) in [5, 5.41) is 11.8. The largest absolute Gasteiger partial charge is 0.469 e. The predicted molar refractivity (Wildman–Crippen MR) is 78.6 cm³/mol. The fourth-order valence-corrected chi connectivity index (χ4v) is 2.62. The quantitative estimate of drug-likeness (QED) is 0.801. The maximum absolute atomic E-state index is 11.9. The van der Waals surface area contributed by atoms with E-state index in [9.17, 15) is 9.59 Å². The van der Waals surface area contributed by atoms with Crippen LogP contribution in [0.25, 0.3) is 0 Å². The Morgan fingerprint density at radius 2 is 2.23 bits per heavy atom. The van der Waals surface area contributed by atoms with E-state index in [2.05, 4.69) is 15.0 Å². The Labute approximate surface area is 129 Å². The molecule has 0 saturated heterocycles. The Bertz CT molecular complexity index is 589. The fourth-order valence-electron chi connectivity index (χ4n) is 2.62. The second-order valence-corrected chi connectivity index (χ2v) is 5.59. The van der Waals surface area contributed by atoms with Crippen LogP contribution < -0.4 is 5.32 Å². The van der Waals surface area contributed by atoms with Gasteiger partial charge in [-0.15, -0.1) is 0 Å². The first-order chi connectivity index (χ1) is 10.6. The molecular weight excluding hydrogens is 282 g/mol. The molecule has 6 nitrogen and oxygen atoms in total. The average Bonchev–Trinajstić information content (AvgIpc) is 2.49. The highest BCUT2D eigenvalue weighted by atomic mass is 16.5. The summed E-state index contributed by atoms with van der Waals surface area (Å²) in [6.07, 6.45) is 6.35. The van der Waals surface area contributed by atoms with E-state index in [0.717, 1.165) is 24.8 Å². The number of carbonyl (C=O) groups excluding carboxylic acids is 2. The van der Waals surface area contributed by atoms with Crippen molar-refractivity contribution >= 4 is 11.9 Å². The number of amides is 1. The number of nitrogens with zero attached hydrogens (tertiary/aromatic N) is 2. The molecule has 6 heteroatoms. The second kappa shape index (κ2) is 7.55. The van der Waals surface area contributed by atoms with Gasteiger partial charge in [0, 0.05) is 24.9 Å². The van der Waals surface area contributed by atoms with Crippen LogP contribution in [0.1, 0.15) is 36.8 Å². The number of nitriles is 1. The summed E-state index contributed by atoms with van der Waals surface area (Å²) in [6, 6.07) is 3.86. The number of aromatic nitrogens is 1. The number of hydrogen-bond donors (Lipinski definition) is 1. The van der Waals surface area contributed by atoms with E-state index in [0.29, 0.717) is 17.9 Å². The van der Waals surface area contributed by atoms with Crippen molar-refractivity contribution in [3.8, 4) is 6.07 Å². The number of methoxy groups -OCH3 is 1. The molecule has 1 saturated carbocycles. The third kappa shape index (κ3) is 4.55. The summed E-state index contributed by atoms with van der Waals surface area (Å²) in [6.45, 7) is 0. The van der Waals surface area contributed by atoms with Crippen molar-refractivity contribution in [3.05, 3.63) is 29.6 Å². The van der Waals surface area contributed by atoms with E-state index in [1.54, 1.807) is 12.3 Å². The lowest BCUT2D eigenvalue weighted by atomic mass is 9.77. The zero-order valence-corrected chi connectivity index (χ0v) is 12.5. The van der Waals surface area contributed by atoms with Crippen LogP contribution in [-0.2, 0) is 20.7 Å².